The van der Waals surface area contributed by atoms with Crippen LogP contribution in [0.3, 0.4) is 0 Å². The Morgan fingerprint density at radius 1 is 1.28 bits per heavy atom. The molecule has 0 spiro atoms. The molecule has 1 aromatic carbocycles. The molecule has 0 amide bonds. The number of nitrogens with two attached hydrogens (primary N) is 1. The molecule has 0 fully saturated rings. The summed E-state index contributed by atoms with van der Waals surface area (Å²) in [5.74, 6) is 0.556. The molecule has 0 saturated heterocycles. The van der Waals surface area contributed by atoms with Crippen molar-refractivity contribution in [2.75, 3.05) is 43.0 Å². The van der Waals surface area contributed by atoms with Gasteiger partial charge in [-0.2, -0.15) is 0 Å². The van der Waals surface area contributed by atoms with E-state index >= 15 is 0 Å². The summed E-state index contributed by atoms with van der Waals surface area (Å²) in [6.45, 7) is 8.43. The highest BCUT2D eigenvalue weighted by atomic mass is 15.2. The van der Waals surface area contributed by atoms with Crippen LogP contribution in [-0.2, 0) is 0 Å². The highest BCUT2D eigenvalue weighted by Crippen LogP contribution is 2.37. The highest BCUT2D eigenvalue weighted by molar-refractivity contribution is 5.76. The zero-order valence-electron chi connectivity index (χ0n) is 11.8. The molecular weight excluding hydrogens is 222 g/mol. The van der Waals surface area contributed by atoms with Gasteiger partial charge in [-0.1, -0.05) is 26.0 Å². The number of anilines is 2. The first-order valence-corrected chi connectivity index (χ1v) is 6.94. The molecule has 0 unspecified atom stereocenters. The largest absolute Gasteiger partial charge is 0.373 e. The summed E-state index contributed by atoms with van der Waals surface area (Å²) >= 11 is 0. The standard InChI is InChI=1S/C15H25N3/c1-12(2)13-6-4-7-14-15(13)17(3)9-5-10-18(14)11-8-16/h4,6-7,12H,5,8-11,16H2,1-3H3. The molecule has 0 aromatic heterocycles. The van der Waals surface area contributed by atoms with Crippen LogP contribution in [0.25, 0.3) is 0 Å². The molecule has 0 radical (unpaired) electrons. The highest BCUT2D eigenvalue weighted by Gasteiger charge is 2.21. The molecule has 1 aliphatic rings. The van der Waals surface area contributed by atoms with E-state index in [1.807, 2.05) is 0 Å². The number of hydrogen-bond acceptors (Lipinski definition) is 3. The van der Waals surface area contributed by atoms with Crippen molar-refractivity contribution in [3.05, 3.63) is 23.8 Å². The second-order valence-corrected chi connectivity index (χ2v) is 5.42. The summed E-state index contributed by atoms with van der Waals surface area (Å²) in [7, 11) is 2.21. The van der Waals surface area contributed by atoms with Crippen LogP contribution in [0.1, 0.15) is 31.7 Å². The van der Waals surface area contributed by atoms with Gasteiger partial charge in [0.1, 0.15) is 0 Å². The smallest absolute Gasteiger partial charge is 0.0636 e. The monoisotopic (exact) mass is 247 g/mol. The van der Waals surface area contributed by atoms with Gasteiger partial charge in [0.05, 0.1) is 11.4 Å². The first-order valence-electron chi connectivity index (χ1n) is 6.94. The topological polar surface area (TPSA) is 32.5 Å². The van der Waals surface area contributed by atoms with E-state index in [0.717, 1.165) is 26.2 Å². The minimum absolute atomic E-state index is 0.556. The molecule has 1 aromatic rings. The number of benzene rings is 1. The van der Waals surface area contributed by atoms with Crippen LogP contribution in [0.5, 0.6) is 0 Å². The molecule has 2 rings (SSSR count). The van der Waals surface area contributed by atoms with Crippen molar-refractivity contribution in [2.24, 2.45) is 5.73 Å². The SMILES string of the molecule is CC(C)c1cccc2c1N(C)CCCN2CCN. The Kier molecular flexibility index (Phi) is 4.12. The fourth-order valence-corrected chi connectivity index (χ4v) is 2.80. The lowest BCUT2D eigenvalue weighted by Gasteiger charge is -2.28. The first-order chi connectivity index (χ1) is 8.65. The average molecular weight is 247 g/mol. The number of fused-ring (bicyclic) bond motifs is 1. The molecule has 3 heteroatoms. The van der Waals surface area contributed by atoms with Crippen LogP contribution in [-0.4, -0.2) is 33.2 Å². The Morgan fingerprint density at radius 3 is 2.72 bits per heavy atom. The quantitative estimate of drug-likeness (QED) is 0.890. The Labute approximate surface area is 111 Å². The third-order valence-electron chi connectivity index (χ3n) is 3.71. The normalized spacial score (nSPS) is 15.8. The van der Waals surface area contributed by atoms with Crippen LogP contribution in [0, 0.1) is 0 Å². The lowest BCUT2D eigenvalue weighted by molar-refractivity contribution is 0.740. The number of rotatable bonds is 3. The maximum absolute atomic E-state index is 5.74. The van der Waals surface area contributed by atoms with Crippen molar-refractivity contribution in [1.82, 2.24) is 0 Å². The molecule has 100 valence electrons. The Bertz CT molecular complexity index is 401. The number of para-hydroxylation sites is 1. The molecule has 0 bridgehead atoms. The molecule has 0 atom stereocenters. The van der Waals surface area contributed by atoms with Gasteiger partial charge in [0.15, 0.2) is 0 Å². The molecule has 2 N–H and O–H groups in total. The average Bonchev–Trinajstić information content (AvgIpc) is 2.50. The van der Waals surface area contributed by atoms with E-state index in [2.05, 4.69) is 48.9 Å². The third-order valence-corrected chi connectivity index (χ3v) is 3.71. The third kappa shape index (κ3) is 2.46. The van der Waals surface area contributed by atoms with Crippen molar-refractivity contribution in [3.63, 3.8) is 0 Å². The number of nitrogens with zero attached hydrogens (tertiary/aromatic N) is 2. The lowest BCUT2D eigenvalue weighted by Crippen LogP contribution is -2.30. The van der Waals surface area contributed by atoms with Crippen LogP contribution < -0.4 is 15.5 Å². The summed E-state index contributed by atoms with van der Waals surface area (Å²) in [5, 5.41) is 0. The maximum Gasteiger partial charge on any atom is 0.0636 e. The maximum atomic E-state index is 5.74. The number of hydrogen-bond donors (Lipinski definition) is 1. The van der Waals surface area contributed by atoms with Gasteiger partial charge in [-0.15, -0.1) is 0 Å². The summed E-state index contributed by atoms with van der Waals surface area (Å²) in [5.41, 5.74) is 9.94. The van der Waals surface area contributed by atoms with E-state index in [-0.39, 0.29) is 0 Å². The molecule has 0 aliphatic carbocycles. The summed E-state index contributed by atoms with van der Waals surface area (Å²) in [4.78, 5) is 4.84. The van der Waals surface area contributed by atoms with Gasteiger partial charge in [-0.3, -0.25) is 0 Å². The fraction of sp³-hybridized carbons (Fsp3) is 0.600. The Balaban J connectivity index is 2.49. The van der Waals surface area contributed by atoms with Crippen LogP contribution in [0.15, 0.2) is 18.2 Å². The second-order valence-electron chi connectivity index (χ2n) is 5.42. The van der Waals surface area contributed by atoms with Gasteiger partial charge < -0.3 is 15.5 Å². The van der Waals surface area contributed by atoms with Gasteiger partial charge in [0, 0.05) is 33.2 Å². The van der Waals surface area contributed by atoms with Crippen molar-refractivity contribution in [2.45, 2.75) is 26.2 Å². The zero-order valence-corrected chi connectivity index (χ0v) is 11.8. The fourth-order valence-electron chi connectivity index (χ4n) is 2.80. The molecule has 1 heterocycles. The molecule has 0 saturated carbocycles. The van der Waals surface area contributed by atoms with Crippen molar-refractivity contribution in [1.29, 1.82) is 0 Å². The minimum atomic E-state index is 0.556. The first kappa shape index (κ1) is 13.2. The minimum Gasteiger partial charge on any atom is -0.373 e. The van der Waals surface area contributed by atoms with Crippen LogP contribution in [0.2, 0.25) is 0 Å². The Hall–Kier alpha value is -1.22. The predicted octanol–water partition coefficient (Wildman–Crippen LogP) is 2.42. The molecule has 18 heavy (non-hydrogen) atoms. The molecule has 3 nitrogen and oxygen atoms in total. The van der Waals surface area contributed by atoms with Gasteiger partial charge in [-0.25, -0.2) is 0 Å². The van der Waals surface area contributed by atoms with Gasteiger partial charge in [0.25, 0.3) is 0 Å². The van der Waals surface area contributed by atoms with Crippen molar-refractivity contribution >= 4 is 11.4 Å². The summed E-state index contributed by atoms with van der Waals surface area (Å²) in [6, 6.07) is 6.67. The van der Waals surface area contributed by atoms with E-state index < -0.39 is 0 Å². The van der Waals surface area contributed by atoms with E-state index in [0.29, 0.717) is 5.92 Å². The molecule has 1 aliphatic heterocycles. The zero-order chi connectivity index (χ0) is 13.1. The predicted molar refractivity (Wildman–Crippen MR) is 79.7 cm³/mol. The van der Waals surface area contributed by atoms with Crippen molar-refractivity contribution < 1.29 is 0 Å². The summed E-state index contributed by atoms with van der Waals surface area (Å²) in [6.07, 6.45) is 1.20. The Morgan fingerprint density at radius 2 is 2.06 bits per heavy atom. The van der Waals surface area contributed by atoms with Gasteiger partial charge >= 0.3 is 0 Å². The van der Waals surface area contributed by atoms with E-state index in [9.17, 15) is 0 Å². The van der Waals surface area contributed by atoms with E-state index in [4.69, 9.17) is 5.73 Å². The van der Waals surface area contributed by atoms with E-state index in [1.165, 1.54) is 23.4 Å². The van der Waals surface area contributed by atoms with Crippen LogP contribution >= 0.6 is 0 Å². The van der Waals surface area contributed by atoms with Crippen LogP contribution in [0.4, 0.5) is 11.4 Å². The van der Waals surface area contributed by atoms with Crippen molar-refractivity contribution in [3.8, 4) is 0 Å². The van der Waals surface area contributed by atoms with Gasteiger partial charge in [-0.05, 0) is 24.0 Å². The second kappa shape index (κ2) is 5.61. The van der Waals surface area contributed by atoms with Gasteiger partial charge in [0.2, 0.25) is 0 Å². The summed E-state index contributed by atoms with van der Waals surface area (Å²) < 4.78 is 0. The van der Waals surface area contributed by atoms with E-state index in [1.54, 1.807) is 0 Å². The molecular formula is C15H25N3. The lowest BCUT2D eigenvalue weighted by atomic mass is 9.99.